The van der Waals surface area contributed by atoms with Gasteiger partial charge in [0.15, 0.2) is 5.69 Å². The van der Waals surface area contributed by atoms with Gasteiger partial charge in [-0.2, -0.15) is 9.40 Å². The van der Waals surface area contributed by atoms with Crippen molar-refractivity contribution in [3.63, 3.8) is 0 Å². The first-order chi connectivity index (χ1) is 11.5. The first kappa shape index (κ1) is 17.1. The molecule has 0 aliphatic carbocycles. The summed E-state index contributed by atoms with van der Waals surface area (Å²) in [5.74, 6) is -0.00796. The molecule has 0 bridgehead atoms. The zero-order valence-electron chi connectivity index (χ0n) is 13.4. The van der Waals surface area contributed by atoms with Crippen LogP contribution in [-0.4, -0.2) is 65.7 Å². The molecule has 0 saturated carbocycles. The Morgan fingerprint density at radius 2 is 2.08 bits per heavy atom. The van der Waals surface area contributed by atoms with Crippen molar-refractivity contribution in [1.29, 1.82) is 0 Å². The van der Waals surface area contributed by atoms with Gasteiger partial charge in [0.1, 0.15) is 0 Å². The zero-order valence-corrected chi connectivity index (χ0v) is 15.1. The van der Waals surface area contributed by atoms with E-state index in [1.54, 1.807) is 22.3 Å². The number of aromatic amines is 1. The highest BCUT2D eigenvalue weighted by Gasteiger charge is 2.29. The fourth-order valence-corrected chi connectivity index (χ4v) is 4.89. The summed E-state index contributed by atoms with van der Waals surface area (Å²) in [6.07, 6.45) is 0.597. The molecule has 1 amide bonds. The standard InChI is InChI=1S/C15H20N4O3S2/c1-2-10-24(21,22)19-7-5-18(6-8-19)15(20)13-11-12(16-17-13)14-4-3-9-23-14/h3-4,9,11H,2,5-8,10H2,1H3,(H,16,17). The summed E-state index contributed by atoms with van der Waals surface area (Å²) >= 11 is 1.57. The second kappa shape index (κ2) is 7.04. The van der Waals surface area contributed by atoms with Gasteiger partial charge in [-0.1, -0.05) is 13.0 Å². The summed E-state index contributed by atoms with van der Waals surface area (Å²) in [5.41, 5.74) is 1.18. The third kappa shape index (κ3) is 3.52. The van der Waals surface area contributed by atoms with E-state index in [2.05, 4.69) is 10.2 Å². The molecule has 1 saturated heterocycles. The van der Waals surface area contributed by atoms with Crippen LogP contribution in [0.25, 0.3) is 10.6 Å². The minimum absolute atomic E-state index is 0.157. The van der Waals surface area contributed by atoms with Gasteiger partial charge in [-0.05, 0) is 23.9 Å². The van der Waals surface area contributed by atoms with Gasteiger partial charge in [-0.3, -0.25) is 9.89 Å². The molecule has 2 aromatic heterocycles. The van der Waals surface area contributed by atoms with Gasteiger partial charge in [-0.25, -0.2) is 8.42 Å². The topological polar surface area (TPSA) is 86.4 Å². The normalized spacial score (nSPS) is 16.5. The van der Waals surface area contributed by atoms with E-state index < -0.39 is 10.0 Å². The fourth-order valence-electron chi connectivity index (χ4n) is 2.71. The van der Waals surface area contributed by atoms with Gasteiger partial charge >= 0.3 is 0 Å². The van der Waals surface area contributed by atoms with Gasteiger partial charge in [0.25, 0.3) is 5.91 Å². The van der Waals surface area contributed by atoms with E-state index in [9.17, 15) is 13.2 Å². The number of aromatic nitrogens is 2. The molecule has 24 heavy (non-hydrogen) atoms. The van der Waals surface area contributed by atoms with Gasteiger partial charge in [0, 0.05) is 26.2 Å². The van der Waals surface area contributed by atoms with E-state index >= 15 is 0 Å². The predicted molar refractivity (Wildman–Crippen MR) is 93.5 cm³/mol. The van der Waals surface area contributed by atoms with Crippen molar-refractivity contribution in [2.75, 3.05) is 31.9 Å². The Morgan fingerprint density at radius 3 is 2.71 bits per heavy atom. The van der Waals surface area contributed by atoms with Crippen molar-refractivity contribution < 1.29 is 13.2 Å². The van der Waals surface area contributed by atoms with Crippen LogP contribution in [0.1, 0.15) is 23.8 Å². The number of hydrogen-bond donors (Lipinski definition) is 1. The highest BCUT2D eigenvalue weighted by molar-refractivity contribution is 7.89. The number of thiophene rings is 1. The lowest BCUT2D eigenvalue weighted by molar-refractivity contribution is 0.0692. The zero-order chi connectivity index (χ0) is 17.2. The molecule has 2 aromatic rings. The molecular weight excluding hydrogens is 348 g/mol. The molecule has 3 heterocycles. The van der Waals surface area contributed by atoms with E-state index in [0.29, 0.717) is 38.3 Å². The third-order valence-corrected chi connectivity index (χ3v) is 6.94. The van der Waals surface area contributed by atoms with E-state index in [-0.39, 0.29) is 11.7 Å². The Labute approximate surface area is 145 Å². The second-order valence-electron chi connectivity index (χ2n) is 5.65. The van der Waals surface area contributed by atoms with Gasteiger partial charge < -0.3 is 4.90 Å². The summed E-state index contributed by atoms with van der Waals surface area (Å²) in [6.45, 7) is 3.32. The Morgan fingerprint density at radius 1 is 1.33 bits per heavy atom. The van der Waals surface area contributed by atoms with Crippen LogP contribution in [0.4, 0.5) is 0 Å². The maximum absolute atomic E-state index is 12.5. The van der Waals surface area contributed by atoms with E-state index in [1.165, 1.54) is 4.31 Å². The highest BCUT2D eigenvalue weighted by atomic mass is 32.2. The maximum Gasteiger partial charge on any atom is 0.274 e. The molecular formula is C15H20N4O3S2. The number of rotatable bonds is 5. The number of amides is 1. The molecule has 9 heteroatoms. The second-order valence-corrected chi connectivity index (χ2v) is 8.69. The van der Waals surface area contributed by atoms with Gasteiger partial charge in [-0.15, -0.1) is 11.3 Å². The molecule has 1 N–H and O–H groups in total. The van der Waals surface area contributed by atoms with Crippen molar-refractivity contribution in [3.8, 4) is 10.6 Å². The molecule has 0 aromatic carbocycles. The maximum atomic E-state index is 12.5. The van der Waals surface area contributed by atoms with Crippen molar-refractivity contribution >= 4 is 27.3 Å². The first-order valence-corrected chi connectivity index (χ1v) is 10.4. The lowest BCUT2D eigenvalue weighted by Gasteiger charge is -2.33. The summed E-state index contributed by atoms with van der Waals surface area (Å²) in [6, 6.07) is 5.65. The van der Waals surface area contributed by atoms with Crippen molar-refractivity contribution in [1.82, 2.24) is 19.4 Å². The molecule has 1 fully saturated rings. The number of nitrogens with zero attached hydrogens (tertiary/aromatic N) is 3. The van der Waals surface area contributed by atoms with Crippen LogP contribution in [0.5, 0.6) is 0 Å². The smallest absolute Gasteiger partial charge is 0.274 e. The number of sulfonamides is 1. The lowest BCUT2D eigenvalue weighted by Crippen LogP contribution is -2.51. The van der Waals surface area contributed by atoms with Crippen LogP contribution >= 0.6 is 11.3 Å². The average molecular weight is 368 g/mol. The number of H-pyrrole nitrogens is 1. The first-order valence-electron chi connectivity index (χ1n) is 7.87. The fraction of sp³-hybridized carbons (Fsp3) is 0.467. The third-order valence-electron chi connectivity index (χ3n) is 3.96. The Hall–Kier alpha value is -1.71. The molecule has 7 nitrogen and oxygen atoms in total. The summed E-state index contributed by atoms with van der Waals surface area (Å²) < 4.78 is 25.6. The Bertz CT molecular complexity index is 791. The van der Waals surface area contributed by atoms with Gasteiger partial charge in [0.2, 0.25) is 10.0 Å². The number of piperazine rings is 1. The molecule has 3 rings (SSSR count). The monoisotopic (exact) mass is 368 g/mol. The van der Waals surface area contributed by atoms with Crippen LogP contribution in [-0.2, 0) is 10.0 Å². The summed E-state index contributed by atoms with van der Waals surface area (Å²) in [4.78, 5) is 15.2. The highest BCUT2D eigenvalue weighted by Crippen LogP contribution is 2.23. The Kier molecular flexibility index (Phi) is 5.02. The van der Waals surface area contributed by atoms with Crippen LogP contribution in [0.2, 0.25) is 0 Å². The number of carbonyl (C=O) groups excluding carboxylic acids is 1. The molecule has 1 aliphatic heterocycles. The SMILES string of the molecule is CCCS(=O)(=O)N1CCN(C(=O)c2cc(-c3cccs3)[nH]n2)CC1. The van der Waals surface area contributed by atoms with E-state index in [1.807, 2.05) is 24.4 Å². The lowest BCUT2D eigenvalue weighted by atomic mass is 10.2. The molecule has 130 valence electrons. The molecule has 0 radical (unpaired) electrons. The van der Waals surface area contributed by atoms with Gasteiger partial charge in [0.05, 0.1) is 16.3 Å². The van der Waals surface area contributed by atoms with Crippen LogP contribution < -0.4 is 0 Å². The average Bonchev–Trinajstić information content (AvgIpc) is 3.25. The molecule has 0 spiro atoms. The minimum Gasteiger partial charge on any atom is -0.335 e. The van der Waals surface area contributed by atoms with Crippen LogP contribution in [0.15, 0.2) is 23.6 Å². The molecule has 0 atom stereocenters. The van der Waals surface area contributed by atoms with Crippen molar-refractivity contribution in [3.05, 3.63) is 29.3 Å². The Balaban J connectivity index is 1.63. The summed E-state index contributed by atoms with van der Waals surface area (Å²) in [7, 11) is -3.20. The predicted octanol–water partition coefficient (Wildman–Crippen LogP) is 1.64. The van der Waals surface area contributed by atoms with Crippen LogP contribution in [0.3, 0.4) is 0 Å². The summed E-state index contributed by atoms with van der Waals surface area (Å²) in [5, 5.41) is 8.95. The number of hydrogen-bond acceptors (Lipinski definition) is 5. The van der Waals surface area contributed by atoms with Crippen molar-refractivity contribution in [2.24, 2.45) is 0 Å². The largest absolute Gasteiger partial charge is 0.335 e. The minimum atomic E-state index is -3.20. The quantitative estimate of drug-likeness (QED) is 0.869. The number of nitrogens with one attached hydrogen (secondary N) is 1. The molecule has 1 aliphatic rings. The molecule has 0 unspecified atom stereocenters. The van der Waals surface area contributed by atoms with E-state index in [0.717, 1.165) is 10.6 Å². The number of carbonyl (C=O) groups is 1. The van der Waals surface area contributed by atoms with Crippen molar-refractivity contribution in [2.45, 2.75) is 13.3 Å². The van der Waals surface area contributed by atoms with E-state index in [4.69, 9.17) is 0 Å². The van der Waals surface area contributed by atoms with Crippen LogP contribution in [0, 0.1) is 0 Å².